The molecule has 0 bridgehead atoms. The van der Waals surface area contributed by atoms with E-state index in [1.165, 1.54) is 11.1 Å². The van der Waals surface area contributed by atoms with Crippen molar-refractivity contribution in [3.8, 4) is 11.5 Å². The topological polar surface area (TPSA) is 44.5 Å². The molecule has 2 rings (SSSR count). The lowest BCUT2D eigenvalue weighted by atomic mass is 9.96. The van der Waals surface area contributed by atoms with Gasteiger partial charge >= 0.3 is 0 Å². The number of hydrogen-bond acceptors (Lipinski definition) is 3. The number of nitrogens with two attached hydrogens (primary N) is 1. The van der Waals surface area contributed by atoms with E-state index < -0.39 is 0 Å². The van der Waals surface area contributed by atoms with Crippen molar-refractivity contribution in [2.45, 2.75) is 19.3 Å². The maximum absolute atomic E-state index is 5.89. The molecule has 1 atom stereocenters. The molecule has 0 heterocycles. The summed E-state index contributed by atoms with van der Waals surface area (Å²) in [5.41, 5.74) is 8.35. The van der Waals surface area contributed by atoms with Gasteiger partial charge < -0.3 is 15.2 Å². The van der Waals surface area contributed by atoms with Gasteiger partial charge in [0.15, 0.2) is 0 Å². The van der Waals surface area contributed by atoms with Crippen LogP contribution in [0.25, 0.3) is 0 Å². The van der Waals surface area contributed by atoms with E-state index in [1.54, 1.807) is 7.11 Å². The van der Waals surface area contributed by atoms with Crippen molar-refractivity contribution in [1.29, 1.82) is 0 Å². The molecular weight excluding hydrogens is 262 g/mol. The molecule has 3 nitrogen and oxygen atoms in total. The SMILES string of the molecule is COc1ccc(C(CN)CCOc2ccc(C)cc2)cc1. The molecule has 0 spiro atoms. The molecule has 0 radical (unpaired) electrons. The predicted octanol–water partition coefficient (Wildman–Crippen LogP) is 3.52. The summed E-state index contributed by atoms with van der Waals surface area (Å²) >= 11 is 0. The Hall–Kier alpha value is -2.00. The first kappa shape index (κ1) is 15.4. The first-order valence-electron chi connectivity index (χ1n) is 7.26. The van der Waals surface area contributed by atoms with Gasteiger partial charge in [0.05, 0.1) is 13.7 Å². The van der Waals surface area contributed by atoms with Crippen LogP contribution in [-0.2, 0) is 0 Å². The van der Waals surface area contributed by atoms with Crippen LogP contribution in [0.1, 0.15) is 23.5 Å². The smallest absolute Gasteiger partial charge is 0.119 e. The zero-order valence-electron chi connectivity index (χ0n) is 12.7. The highest BCUT2D eigenvalue weighted by atomic mass is 16.5. The molecule has 0 fully saturated rings. The Morgan fingerprint density at radius 3 is 2.14 bits per heavy atom. The first-order valence-corrected chi connectivity index (χ1v) is 7.26. The average molecular weight is 285 g/mol. The van der Waals surface area contributed by atoms with Crippen molar-refractivity contribution in [3.63, 3.8) is 0 Å². The second kappa shape index (κ2) is 7.70. The summed E-state index contributed by atoms with van der Waals surface area (Å²) in [5, 5.41) is 0. The maximum atomic E-state index is 5.89. The molecular formula is C18H23NO2. The highest BCUT2D eigenvalue weighted by molar-refractivity contribution is 5.30. The van der Waals surface area contributed by atoms with Gasteiger partial charge in [-0.1, -0.05) is 29.8 Å². The number of benzene rings is 2. The number of rotatable bonds is 7. The minimum absolute atomic E-state index is 0.307. The minimum Gasteiger partial charge on any atom is -0.497 e. The summed E-state index contributed by atoms with van der Waals surface area (Å²) in [4.78, 5) is 0. The van der Waals surface area contributed by atoms with E-state index >= 15 is 0 Å². The Bertz CT molecular complexity index is 534. The number of ether oxygens (including phenoxy) is 2. The molecule has 0 amide bonds. The van der Waals surface area contributed by atoms with Crippen molar-refractivity contribution in [2.24, 2.45) is 5.73 Å². The maximum Gasteiger partial charge on any atom is 0.119 e. The third-order valence-corrected chi connectivity index (χ3v) is 3.63. The molecule has 2 aromatic carbocycles. The molecule has 0 aliphatic carbocycles. The van der Waals surface area contributed by atoms with Crippen molar-refractivity contribution in [1.82, 2.24) is 0 Å². The van der Waals surface area contributed by atoms with Crippen molar-refractivity contribution in [3.05, 3.63) is 59.7 Å². The highest BCUT2D eigenvalue weighted by Gasteiger charge is 2.10. The van der Waals surface area contributed by atoms with Crippen molar-refractivity contribution >= 4 is 0 Å². The second-order valence-electron chi connectivity index (χ2n) is 5.16. The summed E-state index contributed by atoms with van der Waals surface area (Å²) < 4.78 is 11.0. The summed E-state index contributed by atoms with van der Waals surface area (Å²) in [6.45, 7) is 3.35. The van der Waals surface area contributed by atoms with E-state index in [-0.39, 0.29) is 0 Å². The molecule has 0 aromatic heterocycles. The van der Waals surface area contributed by atoms with E-state index in [0.717, 1.165) is 17.9 Å². The molecule has 0 saturated heterocycles. The van der Waals surface area contributed by atoms with E-state index in [2.05, 4.69) is 31.2 Å². The molecule has 0 aliphatic heterocycles. The quantitative estimate of drug-likeness (QED) is 0.846. The largest absolute Gasteiger partial charge is 0.497 e. The standard InChI is InChI=1S/C18H23NO2/c1-14-3-7-18(8-4-14)21-12-11-16(13-19)15-5-9-17(20-2)10-6-15/h3-10,16H,11-13,19H2,1-2H3. The van der Waals surface area contributed by atoms with Gasteiger partial charge in [-0.05, 0) is 55.6 Å². The predicted molar refractivity (Wildman–Crippen MR) is 86.1 cm³/mol. The number of methoxy groups -OCH3 is 1. The summed E-state index contributed by atoms with van der Waals surface area (Å²) in [7, 11) is 1.67. The number of hydrogen-bond donors (Lipinski definition) is 1. The van der Waals surface area contributed by atoms with Gasteiger partial charge in [0.2, 0.25) is 0 Å². The normalized spacial score (nSPS) is 12.0. The Labute approximate surface area is 126 Å². The molecule has 0 aliphatic rings. The van der Waals surface area contributed by atoms with Gasteiger partial charge in [0, 0.05) is 0 Å². The van der Waals surface area contributed by atoms with Gasteiger partial charge in [-0.2, -0.15) is 0 Å². The van der Waals surface area contributed by atoms with Crippen LogP contribution in [0, 0.1) is 6.92 Å². The summed E-state index contributed by atoms with van der Waals surface area (Å²) in [5.74, 6) is 2.08. The van der Waals surface area contributed by atoms with Crippen LogP contribution in [0.15, 0.2) is 48.5 Å². The van der Waals surface area contributed by atoms with Crippen LogP contribution in [0.5, 0.6) is 11.5 Å². The van der Waals surface area contributed by atoms with Crippen LogP contribution < -0.4 is 15.2 Å². The van der Waals surface area contributed by atoms with Crippen LogP contribution in [-0.4, -0.2) is 20.3 Å². The van der Waals surface area contributed by atoms with Gasteiger partial charge in [-0.25, -0.2) is 0 Å². The third kappa shape index (κ3) is 4.50. The lowest BCUT2D eigenvalue weighted by molar-refractivity contribution is 0.298. The fraction of sp³-hybridized carbons (Fsp3) is 0.333. The average Bonchev–Trinajstić information content (AvgIpc) is 2.53. The molecule has 112 valence electrons. The van der Waals surface area contributed by atoms with Crippen molar-refractivity contribution in [2.75, 3.05) is 20.3 Å². The molecule has 21 heavy (non-hydrogen) atoms. The Balaban J connectivity index is 1.88. The van der Waals surface area contributed by atoms with Crippen LogP contribution in [0.4, 0.5) is 0 Å². The first-order chi connectivity index (χ1) is 10.2. The molecule has 0 saturated carbocycles. The highest BCUT2D eigenvalue weighted by Crippen LogP contribution is 2.22. The van der Waals surface area contributed by atoms with Gasteiger partial charge in [-0.3, -0.25) is 0 Å². The molecule has 1 unspecified atom stereocenters. The van der Waals surface area contributed by atoms with Gasteiger partial charge in [-0.15, -0.1) is 0 Å². The fourth-order valence-electron chi connectivity index (χ4n) is 2.25. The Kier molecular flexibility index (Phi) is 5.64. The molecule has 2 aromatic rings. The van der Waals surface area contributed by atoms with E-state index in [0.29, 0.717) is 19.1 Å². The molecule has 2 N–H and O–H groups in total. The lowest BCUT2D eigenvalue weighted by Gasteiger charge is -2.16. The van der Waals surface area contributed by atoms with E-state index in [9.17, 15) is 0 Å². The molecule has 3 heteroatoms. The number of aryl methyl sites for hydroxylation is 1. The third-order valence-electron chi connectivity index (χ3n) is 3.63. The van der Waals surface area contributed by atoms with E-state index in [4.69, 9.17) is 15.2 Å². The zero-order chi connectivity index (χ0) is 15.1. The Morgan fingerprint density at radius 1 is 0.952 bits per heavy atom. The monoisotopic (exact) mass is 285 g/mol. The van der Waals surface area contributed by atoms with E-state index in [1.807, 2.05) is 24.3 Å². The zero-order valence-corrected chi connectivity index (χ0v) is 12.7. The fourth-order valence-corrected chi connectivity index (χ4v) is 2.25. The summed E-state index contributed by atoms with van der Waals surface area (Å²) in [6, 6.07) is 16.2. The second-order valence-corrected chi connectivity index (χ2v) is 5.16. The van der Waals surface area contributed by atoms with Gasteiger partial charge in [0.1, 0.15) is 11.5 Å². The lowest BCUT2D eigenvalue weighted by Crippen LogP contribution is -2.15. The van der Waals surface area contributed by atoms with Crippen LogP contribution >= 0.6 is 0 Å². The Morgan fingerprint density at radius 2 is 1.57 bits per heavy atom. The van der Waals surface area contributed by atoms with Crippen LogP contribution in [0.3, 0.4) is 0 Å². The summed E-state index contributed by atoms with van der Waals surface area (Å²) in [6.07, 6.45) is 0.900. The van der Waals surface area contributed by atoms with Gasteiger partial charge in [0.25, 0.3) is 0 Å². The van der Waals surface area contributed by atoms with Crippen molar-refractivity contribution < 1.29 is 9.47 Å². The minimum atomic E-state index is 0.307. The van der Waals surface area contributed by atoms with Crippen LogP contribution in [0.2, 0.25) is 0 Å².